The Balaban J connectivity index is 1.66. The monoisotopic (exact) mass is 449 g/mol. The van der Waals surface area contributed by atoms with Gasteiger partial charge < -0.3 is 0 Å². The molecule has 0 saturated carbocycles. The number of sulfonamides is 1. The molecule has 0 aromatic heterocycles. The first-order valence-corrected chi connectivity index (χ1v) is 10.7. The van der Waals surface area contributed by atoms with E-state index in [0.29, 0.717) is 15.6 Å². The smallest absolute Gasteiger partial charge is 0.255 e. The van der Waals surface area contributed by atoms with Gasteiger partial charge in [0, 0.05) is 17.6 Å². The van der Waals surface area contributed by atoms with E-state index in [2.05, 4.69) is 10.5 Å². The maximum atomic E-state index is 12.8. The molecule has 0 spiro atoms. The molecule has 29 heavy (non-hydrogen) atoms. The van der Waals surface area contributed by atoms with E-state index < -0.39 is 15.9 Å². The average molecular weight is 450 g/mol. The minimum atomic E-state index is -3.83. The summed E-state index contributed by atoms with van der Waals surface area (Å²) in [5, 5.41) is 6.41. The normalized spacial score (nSPS) is 12.0. The molecule has 0 heterocycles. The van der Waals surface area contributed by atoms with Crippen LogP contribution in [0.3, 0.4) is 0 Å². The van der Waals surface area contributed by atoms with Crippen molar-refractivity contribution >= 4 is 56.1 Å². The Morgan fingerprint density at radius 3 is 2.52 bits per heavy atom. The number of benzene rings is 3. The van der Waals surface area contributed by atoms with Gasteiger partial charge in [-0.15, -0.1) is 0 Å². The van der Waals surface area contributed by atoms with Crippen molar-refractivity contribution in [1.29, 1.82) is 0 Å². The summed E-state index contributed by atoms with van der Waals surface area (Å²) < 4.78 is 26.5. The van der Waals surface area contributed by atoms with Crippen LogP contribution in [0.25, 0.3) is 10.8 Å². The van der Waals surface area contributed by atoms with E-state index in [0.717, 1.165) is 15.1 Å². The zero-order chi connectivity index (χ0) is 21.0. The summed E-state index contributed by atoms with van der Waals surface area (Å²) >= 11 is 11.8. The van der Waals surface area contributed by atoms with Gasteiger partial charge in [-0.1, -0.05) is 59.6 Å². The zero-order valence-electron chi connectivity index (χ0n) is 15.3. The maximum Gasteiger partial charge on any atom is 0.255 e. The Morgan fingerprint density at radius 2 is 1.79 bits per heavy atom. The van der Waals surface area contributed by atoms with Gasteiger partial charge in [0.25, 0.3) is 5.91 Å². The summed E-state index contributed by atoms with van der Waals surface area (Å²) in [6, 6.07) is 17.1. The number of fused-ring (bicyclic) bond motifs is 1. The van der Waals surface area contributed by atoms with Crippen LogP contribution in [0.15, 0.2) is 70.7 Å². The number of likely N-dealkylation sites (N-methyl/N-ethyl adjacent to an activating group) is 1. The summed E-state index contributed by atoms with van der Waals surface area (Å²) in [4.78, 5) is 12.2. The number of amides is 1. The fourth-order valence-electron chi connectivity index (χ4n) is 2.61. The van der Waals surface area contributed by atoms with Crippen molar-refractivity contribution in [3.05, 3.63) is 76.3 Å². The van der Waals surface area contributed by atoms with Crippen LogP contribution in [0.1, 0.15) is 5.56 Å². The minimum Gasteiger partial charge on any atom is -0.272 e. The van der Waals surface area contributed by atoms with E-state index in [1.807, 2.05) is 24.3 Å². The number of hydrogen-bond acceptors (Lipinski definition) is 4. The van der Waals surface area contributed by atoms with Gasteiger partial charge in [0.2, 0.25) is 10.0 Å². The molecule has 1 amide bonds. The fourth-order valence-corrected chi connectivity index (χ4v) is 4.23. The van der Waals surface area contributed by atoms with Crippen molar-refractivity contribution in [2.75, 3.05) is 13.6 Å². The average Bonchev–Trinajstić information content (AvgIpc) is 2.69. The first kappa shape index (κ1) is 21.3. The second-order valence-corrected chi connectivity index (χ2v) is 9.12. The molecule has 0 aliphatic carbocycles. The van der Waals surface area contributed by atoms with Gasteiger partial charge in [0.15, 0.2) is 0 Å². The number of rotatable bonds is 6. The number of carbonyl (C=O) groups is 1. The molecule has 0 aliphatic rings. The molecule has 0 atom stereocenters. The molecule has 0 fully saturated rings. The predicted octanol–water partition coefficient (Wildman–Crippen LogP) is 3.92. The molecule has 0 saturated heterocycles. The van der Waals surface area contributed by atoms with Gasteiger partial charge in [-0.05, 0) is 35.0 Å². The van der Waals surface area contributed by atoms with E-state index in [4.69, 9.17) is 23.2 Å². The zero-order valence-corrected chi connectivity index (χ0v) is 17.7. The summed E-state index contributed by atoms with van der Waals surface area (Å²) in [7, 11) is -2.49. The molecule has 3 aromatic rings. The molecule has 150 valence electrons. The third kappa shape index (κ3) is 5.13. The van der Waals surface area contributed by atoms with Crippen LogP contribution >= 0.6 is 23.2 Å². The summed E-state index contributed by atoms with van der Waals surface area (Å²) in [5.41, 5.74) is 2.85. The lowest BCUT2D eigenvalue weighted by molar-refractivity contribution is -0.121. The highest BCUT2D eigenvalue weighted by molar-refractivity contribution is 7.89. The van der Waals surface area contributed by atoms with E-state index in [-0.39, 0.29) is 11.4 Å². The summed E-state index contributed by atoms with van der Waals surface area (Å²) in [6.07, 6.45) is 1.36. The molecular weight excluding hydrogens is 433 g/mol. The third-order valence-corrected chi connectivity index (χ3v) is 6.51. The van der Waals surface area contributed by atoms with Crippen LogP contribution in [0.5, 0.6) is 0 Å². The van der Waals surface area contributed by atoms with E-state index >= 15 is 0 Å². The Bertz CT molecular complexity index is 1200. The maximum absolute atomic E-state index is 12.8. The van der Waals surface area contributed by atoms with E-state index in [1.54, 1.807) is 30.3 Å². The van der Waals surface area contributed by atoms with Gasteiger partial charge in [0.1, 0.15) is 0 Å². The van der Waals surface area contributed by atoms with Crippen LogP contribution in [0, 0.1) is 0 Å². The van der Waals surface area contributed by atoms with Gasteiger partial charge in [-0.2, -0.15) is 9.41 Å². The largest absolute Gasteiger partial charge is 0.272 e. The van der Waals surface area contributed by atoms with E-state index in [9.17, 15) is 13.2 Å². The predicted molar refractivity (Wildman–Crippen MR) is 116 cm³/mol. The lowest BCUT2D eigenvalue weighted by atomic mass is 10.1. The molecule has 0 bridgehead atoms. The molecule has 0 radical (unpaired) electrons. The van der Waals surface area contributed by atoms with Crippen LogP contribution in [0.4, 0.5) is 0 Å². The highest BCUT2D eigenvalue weighted by Gasteiger charge is 2.23. The van der Waals surface area contributed by atoms with Crippen LogP contribution in [0.2, 0.25) is 10.0 Å². The number of nitrogens with zero attached hydrogens (tertiary/aromatic N) is 2. The molecule has 6 nitrogen and oxygen atoms in total. The van der Waals surface area contributed by atoms with Crippen LogP contribution in [-0.2, 0) is 14.8 Å². The number of halogens is 2. The molecular formula is C20H17Cl2N3O3S. The van der Waals surface area contributed by atoms with Gasteiger partial charge in [0.05, 0.1) is 22.7 Å². The summed E-state index contributed by atoms with van der Waals surface area (Å²) in [5.74, 6) is -0.585. The highest BCUT2D eigenvalue weighted by atomic mass is 35.5. The first-order chi connectivity index (χ1) is 13.8. The standard InChI is InChI=1S/C20H17Cl2N3O3S/c1-25(13-20(26)24-23-12-16-6-8-17(21)11-19(16)22)29(27,28)18-9-7-14-4-2-3-5-15(14)10-18/h2-12H,13H2,1H3,(H,24,26)/b23-12+. The quantitative estimate of drug-likeness (QED) is 0.457. The SMILES string of the molecule is CN(CC(=O)N/N=C/c1ccc(Cl)cc1Cl)S(=O)(=O)c1ccc2ccccc2c1. The topological polar surface area (TPSA) is 78.8 Å². The summed E-state index contributed by atoms with van der Waals surface area (Å²) in [6.45, 7) is -0.388. The number of hydrazone groups is 1. The van der Waals surface area contributed by atoms with Crippen LogP contribution in [-0.4, -0.2) is 38.4 Å². The molecule has 1 N–H and O–H groups in total. The number of hydrogen-bond donors (Lipinski definition) is 1. The van der Waals surface area contributed by atoms with Crippen molar-refractivity contribution in [3.63, 3.8) is 0 Å². The van der Waals surface area contributed by atoms with E-state index in [1.165, 1.54) is 19.3 Å². The Labute approximate surface area is 178 Å². The Hall–Kier alpha value is -2.45. The van der Waals surface area contributed by atoms with Gasteiger partial charge >= 0.3 is 0 Å². The van der Waals surface area contributed by atoms with Crippen molar-refractivity contribution in [1.82, 2.24) is 9.73 Å². The van der Waals surface area contributed by atoms with Gasteiger partial charge in [-0.3, -0.25) is 4.79 Å². The number of carbonyl (C=O) groups excluding carboxylic acids is 1. The Kier molecular flexibility index (Phi) is 6.54. The second-order valence-electron chi connectivity index (χ2n) is 6.23. The first-order valence-electron chi connectivity index (χ1n) is 8.49. The molecule has 3 aromatic carbocycles. The molecule has 0 unspecified atom stereocenters. The second kappa shape index (κ2) is 8.92. The van der Waals surface area contributed by atoms with Gasteiger partial charge in [-0.25, -0.2) is 13.8 Å². The van der Waals surface area contributed by atoms with Crippen molar-refractivity contribution in [3.8, 4) is 0 Å². The third-order valence-electron chi connectivity index (χ3n) is 4.15. The molecule has 3 rings (SSSR count). The number of nitrogens with one attached hydrogen (secondary N) is 1. The van der Waals surface area contributed by atoms with Crippen molar-refractivity contribution in [2.24, 2.45) is 5.10 Å². The van der Waals surface area contributed by atoms with Crippen LogP contribution < -0.4 is 5.43 Å². The fraction of sp³-hybridized carbons (Fsp3) is 0.100. The Morgan fingerprint density at radius 1 is 1.07 bits per heavy atom. The lowest BCUT2D eigenvalue weighted by Gasteiger charge is -2.16. The highest BCUT2D eigenvalue weighted by Crippen LogP contribution is 2.21. The van der Waals surface area contributed by atoms with Crippen molar-refractivity contribution in [2.45, 2.75) is 4.90 Å². The lowest BCUT2D eigenvalue weighted by Crippen LogP contribution is -2.36. The minimum absolute atomic E-state index is 0.114. The molecule has 0 aliphatic heterocycles. The molecule has 9 heteroatoms. The van der Waals surface area contributed by atoms with Crippen molar-refractivity contribution < 1.29 is 13.2 Å².